The summed E-state index contributed by atoms with van der Waals surface area (Å²) in [6.07, 6.45) is 7.75. The summed E-state index contributed by atoms with van der Waals surface area (Å²) in [6, 6.07) is 32.1. The number of allylic oxidation sites excluding steroid dienone is 2. The van der Waals surface area contributed by atoms with Gasteiger partial charge in [-0.05, 0) is 50.5 Å². The molecular weight excluding hydrogens is 316 g/mol. The molecule has 2 nitrogen and oxygen atoms in total. The molecule has 2 heteroatoms. The Bertz CT molecular complexity index is 629. The molecule has 2 N–H and O–H groups in total. The van der Waals surface area contributed by atoms with Crippen molar-refractivity contribution in [3.8, 4) is 0 Å². The number of anilines is 2. The zero-order valence-electron chi connectivity index (χ0n) is 15.5. The van der Waals surface area contributed by atoms with Crippen molar-refractivity contribution in [3.05, 3.63) is 122 Å². The van der Waals surface area contributed by atoms with E-state index in [1.54, 1.807) is 0 Å². The molecule has 3 aromatic carbocycles. The average molecular weight is 345 g/mol. The van der Waals surface area contributed by atoms with Crippen LogP contribution in [0.2, 0.25) is 0 Å². The summed E-state index contributed by atoms with van der Waals surface area (Å²) >= 11 is 0. The third-order valence-electron chi connectivity index (χ3n) is 3.05. The van der Waals surface area contributed by atoms with Gasteiger partial charge in [-0.15, -0.1) is 0 Å². The van der Waals surface area contributed by atoms with Crippen LogP contribution < -0.4 is 10.6 Å². The normalized spacial score (nSPS) is 9.62. The number of rotatable bonds is 4. The summed E-state index contributed by atoms with van der Waals surface area (Å²) in [5, 5.41) is 6.23. The molecule has 0 aliphatic heterocycles. The largest absolute Gasteiger partial charge is 0.362 e. The van der Waals surface area contributed by atoms with E-state index in [2.05, 4.69) is 10.6 Å². The summed E-state index contributed by atoms with van der Waals surface area (Å²) in [5.41, 5.74) is 2.25. The predicted molar refractivity (Wildman–Crippen MR) is 116 cm³/mol. The van der Waals surface area contributed by atoms with E-state index in [0.29, 0.717) is 0 Å². The molecule has 3 aromatic rings. The Hall–Kier alpha value is -3.26. The van der Waals surface area contributed by atoms with Gasteiger partial charge in [0.2, 0.25) is 0 Å². The molecule has 0 aliphatic rings. The van der Waals surface area contributed by atoms with Crippen molar-refractivity contribution >= 4 is 11.4 Å². The first-order valence-corrected chi connectivity index (χ1v) is 8.72. The van der Waals surface area contributed by atoms with E-state index in [1.165, 1.54) is 0 Å². The molecule has 0 saturated carbocycles. The minimum Gasteiger partial charge on any atom is -0.362 e. The molecule has 0 aliphatic carbocycles. The highest BCUT2D eigenvalue weighted by Gasteiger charge is 1.81. The van der Waals surface area contributed by atoms with Gasteiger partial charge in [0.05, 0.1) is 0 Å². The molecule has 0 heterocycles. The van der Waals surface area contributed by atoms with Crippen molar-refractivity contribution in [2.75, 3.05) is 10.6 Å². The van der Waals surface area contributed by atoms with Crippen LogP contribution in [0.4, 0.5) is 11.4 Å². The molecule has 0 spiro atoms. The lowest BCUT2D eigenvalue weighted by atomic mass is 10.3. The van der Waals surface area contributed by atoms with E-state index < -0.39 is 0 Å². The maximum atomic E-state index is 3.11. The molecule has 0 fully saturated rings. The van der Waals surface area contributed by atoms with Crippen LogP contribution in [0.5, 0.6) is 0 Å². The second kappa shape index (κ2) is 15.3. The highest BCUT2D eigenvalue weighted by molar-refractivity contribution is 5.45. The van der Waals surface area contributed by atoms with Gasteiger partial charge >= 0.3 is 0 Å². The van der Waals surface area contributed by atoms with Crippen LogP contribution in [0.15, 0.2) is 122 Å². The number of nitrogens with one attached hydrogen (secondary N) is 2. The van der Waals surface area contributed by atoms with Crippen LogP contribution >= 0.6 is 0 Å². The third-order valence-corrected chi connectivity index (χ3v) is 3.05. The molecular formula is C24H28N2. The van der Waals surface area contributed by atoms with E-state index in [0.717, 1.165) is 11.4 Å². The van der Waals surface area contributed by atoms with Gasteiger partial charge in [-0.1, -0.05) is 84.9 Å². The number of hydrogen-bond donors (Lipinski definition) is 2. The Morgan fingerprint density at radius 1 is 0.462 bits per heavy atom. The summed E-state index contributed by atoms with van der Waals surface area (Å²) < 4.78 is 0. The lowest BCUT2D eigenvalue weighted by molar-refractivity contribution is 1.56. The smallest absolute Gasteiger partial charge is 0.0379 e. The fraction of sp³-hybridized carbons (Fsp3) is 0.0833. The third kappa shape index (κ3) is 11.3. The molecule has 0 unspecified atom stereocenters. The van der Waals surface area contributed by atoms with Crippen molar-refractivity contribution in [2.45, 2.75) is 13.8 Å². The van der Waals surface area contributed by atoms with Crippen molar-refractivity contribution in [1.29, 1.82) is 0 Å². The zero-order valence-corrected chi connectivity index (χ0v) is 15.5. The van der Waals surface area contributed by atoms with Gasteiger partial charge in [0.15, 0.2) is 0 Å². The van der Waals surface area contributed by atoms with Gasteiger partial charge in [-0.3, -0.25) is 0 Å². The zero-order chi connectivity index (χ0) is 18.7. The Kier molecular flexibility index (Phi) is 12.2. The predicted octanol–water partition coefficient (Wildman–Crippen LogP) is 6.95. The second-order valence-corrected chi connectivity index (χ2v) is 5.18. The van der Waals surface area contributed by atoms with Gasteiger partial charge in [0.25, 0.3) is 0 Å². The lowest BCUT2D eigenvalue weighted by Gasteiger charge is -1.96. The molecule has 3 rings (SSSR count). The first-order chi connectivity index (χ1) is 12.9. The first-order valence-electron chi connectivity index (χ1n) is 8.72. The maximum Gasteiger partial charge on any atom is 0.0379 e. The van der Waals surface area contributed by atoms with Gasteiger partial charge in [-0.2, -0.15) is 0 Å². The minimum atomic E-state index is 1.13. The molecule has 26 heavy (non-hydrogen) atoms. The number of para-hydroxylation sites is 2. The summed E-state index contributed by atoms with van der Waals surface area (Å²) in [7, 11) is 0. The topological polar surface area (TPSA) is 24.1 Å². The van der Waals surface area contributed by atoms with E-state index >= 15 is 0 Å². The van der Waals surface area contributed by atoms with Crippen LogP contribution in [-0.4, -0.2) is 0 Å². The van der Waals surface area contributed by atoms with Gasteiger partial charge in [-0.25, -0.2) is 0 Å². The first kappa shape index (κ1) is 20.8. The minimum absolute atomic E-state index is 1.13. The van der Waals surface area contributed by atoms with E-state index in [9.17, 15) is 0 Å². The summed E-state index contributed by atoms with van der Waals surface area (Å²) in [6.45, 7) is 3.96. The SMILES string of the molecule is CC=CNc1ccccc1.CC=CNc1ccccc1.c1ccccc1. The van der Waals surface area contributed by atoms with Gasteiger partial charge in [0.1, 0.15) is 0 Å². The molecule has 0 radical (unpaired) electrons. The maximum absolute atomic E-state index is 3.11. The van der Waals surface area contributed by atoms with Crippen LogP contribution in [0.1, 0.15) is 13.8 Å². The molecule has 0 saturated heterocycles. The Morgan fingerprint density at radius 3 is 1.00 bits per heavy atom. The van der Waals surface area contributed by atoms with E-state index in [4.69, 9.17) is 0 Å². The van der Waals surface area contributed by atoms with Crippen molar-refractivity contribution in [3.63, 3.8) is 0 Å². The monoisotopic (exact) mass is 344 g/mol. The lowest BCUT2D eigenvalue weighted by Crippen LogP contribution is -1.83. The van der Waals surface area contributed by atoms with Gasteiger partial charge in [0, 0.05) is 11.4 Å². The standard InChI is InChI=1S/2C9H11N.C6H6/c2*1-2-8-10-9-6-4-3-5-7-9;1-2-4-6-5-3-1/h2*2-8,10H,1H3;1-6H. The summed E-state index contributed by atoms with van der Waals surface area (Å²) in [5.74, 6) is 0. The highest BCUT2D eigenvalue weighted by Crippen LogP contribution is 2.04. The molecule has 0 bridgehead atoms. The fourth-order valence-corrected chi connectivity index (χ4v) is 1.81. The Labute approximate surface area is 157 Å². The average Bonchev–Trinajstić information content (AvgIpc) is 2.74. The van der Waals surface area contributed by atoms with Crippen molar-refractivity contribution in [2.24, 2.45) is 0 Å². The quantitative estimate of drug-likeness (QED) is 0.535. The molecule has 0 amide bonds. The Balaban J connectivity index is 0.000000201. The Morgan fingerprint density at radius 2 is 0.731 bits per heavy atom. The van der Waals surface area contributed by atoms with Crippen molar-refractivity contribution in [1.82, 2.24) is 0 Å². The van der Waals surface area contributed by atoms with Crippen LogP contribution in [-0.2, 0) is 0 Å². The van der Waals surface area contributed by atoms with Crippen LogP contribution in [0, 0.1) is 0 Å². The van der Waals surface area contributed by atoms with E-state index in [1.807, 2.05) is 135 Å². The number of hydrogen-bond acceptors (Lipinski definition) is 2. The van der Waals surface area contributed by atoms with Crippen LogP contribution in [0.25, 0.3) is 0 Å². The highest BCUT2D eigenvalue weighted by atomic mass is 14.8. The van der Waals surface area contributed by atoms with Gasteiger partial charge < -0.3 is 10.6 Å². The molecule has 0 atom stereocenters. The fourth-order valence-electron chi connectivity index (χ4n) is 1.81. The van der Waals surface area contributed by atoms with Crippen molar-refractivity contribution < 1.29 is 0 Å². The van der Waals surface area contributed by atoms with Crippen LogP contribution in [0.3, 0.4) is 0 Å². The summed E-state index contributed by atoms with van der Waals surface area (Å²) in [4.78, 5) is 0. The molecule has 0 aromatic heterocycles. The number of benzene rings is 3. The second-order valence-electron chi connectivity index (χ2n) is 5.18. The molecule has 134 valence electrons. The van der Waals surface area contributed by atoms with E-state index in [-0.39, 0.29) is 0 Å².